The number of nitrogens with one attached hydrogen (secondary N) is 2. The maximum absolute atomic E-state index is 11.9. The topological polar surface area (TPSA) is 88.4 Å². The molecule has 0 saturated heterocycles. The molecule has 0 aliphatic heterocycles. The van der Waals surface area contributed by atoms with Gasteiger partial charge in [0, 0.05) is 13.2 Å². The Morgan fingerprint density at radius 3 is 2.95 bits per heavy atom. The molecule has 7 nitrogen and oxygen atoms in total. The summed E-state index contributed by atoms with van der Waals surface area (Å²) in [7, 11) is 3.33. The molecule has 0 unspecified atom stereocenters. The molecule has 2 rings (SSSR count). The van der Waals surface area contributed by atoms with Crippen molar-refractivity contribution < 1.29 is 14.6 Å². The number of rotatable bonds is 5. The number of hydrogen-bond acceptors (Lipinski definition) is 4. The van der Waals surface area contributed by atoms with Gasteiger partial charge in [0.05, 0.1) is 25.3 Å². The van der Waals surface area contributed by atoms with Crippen molar-refractivity contribution in [1.82, 2.24) is 20.4 Å². The van der Waals surface area contributed by atoms with Crippen LogP contribution in [0.5, 0.6) is 11.6 Å². The lowest BCUT2D eigenvalue weighted by atomic mass is 10.1. The number of nitrogens with zero attached hydrogens (tertiary/aromatic N) is 2. The number of benzene rings is 1. The van der Waals surface area contributed by atoms with Gasteiger partial charge in [-0.25, -0.2) is 4.79 Å². The largest absolute Gasteiger partial charge is 0.508 e. The number of aromatic nitrogens is 2. The van der Waals surface area contributed by atoms with E-state index in [1.54, 1.807) is 36.1 Å². The van der Waals surface area contributed by atoms with Crippen LogP contribution in [0.3, 0.4) is 0 Å². The average molecular weight is 304 g/mol. The van der Waals surface area contributed by atoms with E-state index in [4.69, 9.17) is 4.74 Å². The van der Waals surface area contributed by atoms with Crippen molar-refractivity contribution in [2.24, 2.45) is 7.05 Å². The summed E-state index contributed by atoms with van der Waals surface area (Å²) in [6, 6.07) is 6.26. The summed E-state index contributed by atoms with van der Waals surface area (Å²) in [6.45, 7) is 2.16. The van der Waals surface area contributed by atoms with Gasteiger partial charge in [-0.05, 0) is 24.6 Å². The molecular formula is C15H20N4O3. The third-order valence-corrected chi connectivity index (χ3v) is 3.22. The lowest BCUT2D eigenvalue weighted by Gasteiger charge is -2.15. The summed E-state index contributed by atoms with van der Waals surface area (Å²) in [5, 5.41) is 19.1. The minimum atomic E-state index is -0.304. The molecule has 0 aliphatic rings. The fourth-order valence-corrected chi connectivity index (χ4v) is 2.11. The van der Waals surface area contributed by atoms with Crippen molar-refractivity contribution in [3.05, 3.63) is 41.6 Å². The fraction of sp³-hybridized carbons (Fsp3) is 0.333. The summed E-state index contributed by atoms with van der Waals surface area (Å²) >= 11 is 0. The minimum Gasteiger partial charge on any atom is -0.508 e. The number of urea groups is 1. The Balaban J connectivity index is 1.90. The third kappa shape index (κ3) is 3.91. The van der Waals surface area contributed by atoms with Crippen molar-refractivity contribution >= 4 is 6.03 Å². The second-order valence-corrected chi connectivity index (χ2v) is 4.98. The van der Waals surface area contributed by atoms with E-state index in [-0.39, 0.29) is 17.8 Å². The molecule has 1 aromatic heterocycles. The highest BCUT2D eigenvalue weighted by atomic mass is 16.5. The molecule has 0 aliphatic carbocycles. The van der Waals surface area contributed by atoms with Gasteiger partial charge in [0.25, 0.3) is 0 Å². The Labute approximate surface area is 128 Å². The smallest absolute Gasteiger partial charge is 0.315 e. The van der Waals surface area contributed by atoms with E-state index in [1.165, 1.54) is 7.11 Å². The van der Waals surface area contributed by atoms with Crippen molar-refractivity contribution in [2.75, 3.05) is 7.11 Å². The van der Waals surface area contributed by atoms with E-state index in [0.717, 1.165) is 11.1 Å². The number of methoxy groups -OCH3 is 1. The van der Waals surface area contributed by atoms with E-state index in [0.29, 0.717) is 12.4 Å². The molecular weight excluding hydrogens is 284 g/mol. The Kier molecular flexibility index (Phi) is 4.88. The predicted octanol–water partition coefficient (Wildman–Crippen LogP) is 1.69. The first-order chi connectivity index (χ1) is 10.5. The second kappa shape index (κ2) is 6.84. The Morgan fingerprint density at radius 2 is 2.27 bits per heavy atom. The zero-order valence-electron chi connectivity index (χ0n) is 12.8. The lowest BCUT2D eigenvalue weighted by molar-refractivity contribution is 0.237. The summed E-state index contributed by atoms with van der Waals surface area (Å²) in [6.07, 6.45) is 1.79. The van der Waals surface area contributed by atoms with Gasteiger partial charge < -0.3 is 20.5 Å². The van der Waals surface area contributed by atoms with Gasteiger partial charge in [-0.3, -0.25) is 4.68 Å². The molecule has 1 atom stereocenters. The fourth-order valence-electron chi connectivity index (χ4n) is 2.11. The van der Waals surface area contributed by atoms with Gasteiger partial charge in [-0.15, -0.1) is 5.10 Å². The average Bonchev–Trinajstić information content (AvgIpc) is 2.85. The summed E-state index contributed by atoms with van der Waals surface area (Å²) < 4.78 is 6.76. The van der Waals surface area contributed by atoms with Crippen molar-refractivity contribution in [3.8, 4) is 11.6 Å². The normalized spacial score (nSPS) is 11.8. The first-order valence-corrected chi connectivity index (χ1v) is 6.89. The van der Waals surface area contributed by atoms with Gasteiger partial charge in [0.15, 0.2) is 0 Å². The maximum Gasteiger partial charge on any atom is 0.315 e. The lowest BCUT2D eigenvalue weighted by Crippen LogP contribution is -2.36. The van der Waals surface area contributed by atoms with Crippen molar-refractivity contribution in [3.63, 3.8) is 0 Å². The number of phenolic OH excluding ortho intramolecular Hbond substituents is 1. The predicted molar refractivity (Wildman–Crippen MR) is 81.7 cm³/mol. The molecule has 7 heteroatoms. The van der Waals surface area contributed by atoms with E-state index < -0.39 is 0 Å². The van der Waals surface area contributed by atoms with Crippen LogP contribution in [0.4, 0.5) is 4.79 Å². The zero-order chi connectivity index (χ0) is 16.1. The Bertz CT molecular complexity index is 654. The van der Waals surface area contributed by atoms with Crippen molar-refractivity contribution in [1.29, 1.82) is 0 Å². The monoisotopic (exact) mass is 304 g/mol. The highest BCUT2D eigenvalue weighted by Crippen LogP contribution is 2.18. The van der Waals surface area contributed by atoms with Gasteiger partial charge in [0.1, 0.15) is 5.75 Å². The van der Waals surface area contributed by atoms with Gasteiger partial charge in [0.2, 0.25) is 5.88 Å². The number of carbonyl (C=O) groups is 1. The number of hydrogen-bond donors (Lipinski definition) is 3. The first-order valence-electron chi connectivity index (χ1n) is 6.89. The molecule has 1 aromatic carbocycles. The van der Waals surface area contributed by atoms with Crippen LogP contribution in [0.15, 0.2) is 30.5 Å². The highest BCUT2D eigenvalue weighted by molar-refractivity contribution is 5.74. The number of carbonyl (C=O) groups excluding carboxylic acids is 1. The molecule has 3 N–H and O–H groups in total. The SMILES string of the molecule is COc1nn(C)cc1CNC(=O)N[C@@H](C)c1cccc(O)c1. The highest BCUT2D eigenvalue weighted by Gasteiger charge is 2.12. The third-order valence-electron chi connectivity index (χ3n) is 3.22. The molecule has 0 bridgehead atoms. The molecule has 0 radical (unpaired) electrons. The van der Waals surface area contributed by atoms with Crippen LogP contribution < -0.4 is 15.4 Å². The molecule has 1 heterocycles. The number of phenols is 1. The van der Waals surface area contributed by atoms with E-state index in [1.807, 2.05) is 13.0 Å². The summed E-state index contributed by atoms with van der Waals surface area (Å²) in [5.41, 5.74) is 1.62. The van der Waals surface area contributed by atoms with E-state index >= 15 is 0 Å². The molecule has 2 aromatic rings. The number of aromatic hydroxyl groups is 1. The Hall–Kier alpha value is -2.70. The molecule has 0 fully saturated rings. The molecule has 0 saturated carbocycles. The number of ether oxygens (including phenoxy) is 1. The van der Waals surface area contributed by atoms with Crippen LogP contribution >= 0.6 is 0 Å². The molecule has 118 valence electrons. The molecule has 2 amide bonds. The second-order valence-electron chi connectivity index (χ2n) is 4.98. The maximum atomic E-state index is 11.9. The van der Waals surface area contributed by atoms with Crippen LogP contribution in [0, 0.1) is 0 Å². The van der Waals surface area contributed by atoms with Crippen LogP contribution in [0.25, 0.3) is 0 Å². The summed E-state index contributed by atoms with van der Waals surface area (Å²) in [4.78, 5) is 11.9. The van der Waals surface area contributed by atoms with Crippen LogP contribution in [0.2, 0.25) is 0 Å². The molecule has 22 heavy (non-hydrogen) atoms. The first kappa shape index (κ1) is 15.7. The van der Waals surface area contributed by atoms with Gasteiger partial charge in [-0.1, -0.05) is 12.1 Å². The standard InChI is InChI=1S/C15H20N4O3/c1-10(11-5-4-6-13(20)7-11)17-15(21)16-8-12-9-19(2)18-14(12)22-3/h4-7,9-10,20H,8H2,1-3H3,(H2,16,17,21)/t10-/m0/s1. The van der Waals surface area contributed by atoms with Gasteiger partial charge in [-0.2, -0.15) is 0 Å². The number of amides is 2. The number of aryl methyl sites for hydroxylation is 1. The summed E-state index contributed by atoms with van der Waals surface area (Å²) in [5.74, 6) is 0.662. The quantitative estimate of drug-likeness (QED) is 0.784. The molecule has 0 spiro atoms. The zero-order valence-corrected chi connectivity index (χ0v) is 12.8. The van der Waals surface area contributed by atoms with Crippen molar-refractivity contribution in [2.45, 2.75) is 19.5 Å². The Morgan fingerprint density at radius 1 is 1.50 bits per heavy atom. The van der Waals surface area contributed by atoms with Crippen LogP contribution in [-0.2, 0) is 13.6 Å². The van der Waals surface area contributed by atoms with E-state index in [9.17, 15) is 9.90 Å². The van der Waals surface area contributed by atoms with Crippen LogP contribution in [0.1, 0.15) is 24.1 Å². The van der Waals surface area contributed by atoms with E-state index in [2.05, 4.69) is 15.7 Å². The van der Waals surface area contributed by atoms with Gasteiger partial charge >= 0.3 is 6.03 Å². The minimum absolute atomic E-state index is 0.173. The van der Waals surface area contributed by atoms with Crippen LogP contribution in [-0.4, -0.2) is 28.0 Å².